The number of carbonyl (C=O) groups is 3. The van der Waals surface area contributed by atoms with Crippen molar-refractivity contribution in [2.24, 2.45) is 0 Å². The number of carbonyl (C=O) groups excluding carboxylic acids is 3. The van der Waals surface area contributed by atoms with E-state index in [4.69, 9.17) is 27.9 Å². The molecule has 0 saturated heterocycles. The normalized spacial score (nSPS) is 10.1. The lowest BCUT2D eigenvalue weighted by atomic mass is 10.3. The predicted molar refractivity (Wildman–Crippen MR) is 97.2 cm³/mol. The van der Waals surface area contributed by atoms with Gasteiger partial charge in [-0.1, -0.05) is 35.3 Å². The van der Waals surface area contributed by atoms with E-state index in [0.717, 1.165) is 4.90 Å². The van der Waals surface area contributed by atoms with Gasteiger partial charge in [-0.25, -0.2) is 9.78 Å². The summed E-state index contributed by atoms with van der Waals surface area (Å²) in [5.41, 5.74) is 0.433. The number of benzene rings is 1. The molecule has 0 saturated carbocycles. The Hall–Kier alpha value is -2.64. The first-order chi connectivity index (χ1) is 12.4. The molecule has 0 aliphatic heterocycles. The third kappa shape index (κ3) is 5.72. The van der Waals surface area contributed by atoms with E-state index < -0.39 is 24.4 Å². The molecule has 2 amide bonds. The number of amides is 2. The average Bonchev–Trinajstić information content (AvgIpc) is 2.61. The standard InChI is InChI=1S/C17H15Cl2N3O4/c1-22(9-15(23)21-13-5-3-2-4-12(13)19)16(24)10-26-17(25)14-8-11(18)6-7-20-14/h2-8H,9-10H2,1H3,(H,21,23). The molecule has 0 radical (unpaired) electrons. The van der Waals surface area contributed by atoms with Crippen LogP contribution in [-0.4, -0.2) is 47.9 Å². The molecule has 26 heavy (non-hydrogen) atoms. The molecular weight excluding hydrogens is 381 g/mol. The molecule has 1 heterocycles. The van der Waals surface area contributed by atoms with Crippen LogP contribution in [0.15, 0.2) is 42.6 Å². The lowest BCUT2D eigenvalue weighted by Gasteiger charge is -2.17. The predicted octanol–water partition coefficient (Wildman–Crippen LogP) is 2.64. The molecule has 1 N–H and O–H groups in total. The van der Waals surface area contributed by atoms with E-state index in [1.807, 2.05) is 0 Å². The Balaban J connectivity index is 1.82. The minimum atomic E-state index is -0.783. The van der Waals surface area contributed by atoms with Crippen molar-refractivity contribution in [3.8, 4) is 0 Å². The lowest BCUT2D eigenvalue weighted by molar-refractivity contribution is -0.136. The van der Waals surface area contributed by atoms with Gasteiger partial charge in [0.15, 0.2) is 6.61 Å². The van der Waals surface area contributed by atoms with E-state index in [-0.39, 0.29) is 12.2 Å². The van der Waals surface area contributed by atoms with Gasteiger partial charge >= 0.3 is 5.97 Å². The first-order valence-corrected chi connectivity index (χ1v) is 8.19. The number of nitrogens with zero attached hydrogens (tertiary/aromatic N) is 2. The largest absolute Gasteiger partial charge is 0.451 e. The lowest BCUT2D eigenvalue weighted by Crippen LogP contribution is -2.37. The molecule has 1 aromatic heterocycles. The topological polar surface area (TPSA) is 88.6 Å². The van der Waals surface area contributed by atoms with Crippen molar-refractivity contribution in [3.05, 3.63) is 58.3 Å². The summed E-state index contributed by atoms with van der Waals surface area (Å²) in [5, 5.41) is 3.31. The Kier molecular flexibility index (Phi) is 6.94. The van der Waals surface area contributed by atoms with Crippen molar-refractivity contribution in [2.45, 2.75) is 0 Å². The SMILES string of the molecule is CN(CC(=O)Nc1ccccc1Cl)C(=O)COC(=O)c1cc(Cl)ccn1. The zero-order valence-electron chi connectivity index (χ0n) is 13.7. The Bertz CT molecular complexity index is 829. The average molecular weight is 396 g/mol. The smallest absolute Gasteiger partial charge is 0.357 e. The molecule has 1 aromatic carbocycles. The summed E-state index contributed by atoms with van der Waals surface area (Å²) < 4.78 is 4.88. The summed E-state index contributed by atoms with van der Waals surface area (Å²) in [7, 11) is 1.42. The molecule has 0 atom stereocenters. The number of pyridine rings is 1. The molecule has 0 unspecified atom stereocenters. The zero-order valence-corrected chi connectivity index (χ0v) is 15.3. The monoisotopic (exact) mass is 395 g/mol. The van der Waals surface area contributed by atoms with Gasteiger partial charge in [0.1, 0.15) is 5.69 Å². The van der Waals surface area contributed by atoms with Gasteiger partial charge in [-0.3, -0.25) is 9.59 Å². The number of aromatic nitrogens is 1. The molecule has 7 nitrogen and oxygen atoms in total. The number of esters is 1. The molecule has 0 aliphatic carbocycles. The second-order valence-electron chi connectivity index (χ2n) is 5.21. The molecule has 2 rings (SSSR count). The molecule has 9 heteroatoms. The fourth-order valence-corrected chi connectivity index (χ4v) is 2.23. The number of ether oxygens (including phenoxy) is 1. The molecular formula is C17H15Cl2N3O4. The first kappa shape index (κ1) is 19.7. The Labute approximate surface area is 159 Å². The molecule has 0 spiro atoms. The van der Waals surface area contributed by atoms with Crippen LogP contribution in [0.1, 0.15) is 10.5 Å². The number of hydrogen-bond donors (Lipinski definition) is 1. The third-order valence-corrected chi connectivity index (χ3v) is 3.78. The summed E-state index contributed by atoms with van der Waals surface area (Å²) in [6, 6.07) is 9.57. The van der Waals surface area contributed by atoms with Crippen molar-refractivity contribution < 1.29 is 19.1 Å². The van der Waals surface area contributed by atoms with Gasteiger partial charge in [0.05, 0.1) is 17.3 Å². The van der Waals surface area contributed by atoms with E-state index in [1.165, 1.54) is 25.4 Å². The number of para-hydroxylation sites is 1. The number of anilines is 1. The van der Waals surface area contributed by atoms with E-state index >= 15 is 0 Å². The number of nitrogens with one attached hydrogen (secondary N) is 1. The highest BCUT2D eigenvalue weighted by Gasteiger charge is 2.17. The van der Waals surface area contributed by atoms with Gasteiger partial charge in [-0.15, -0.1) is 0 Å². The van der Waals surface area contributed by atoms with Crippen LogP contribution in [0.4, 0.5) is 5.69 Å². The van der Waals surface area contributed by atoms with Gasteiger partial charge in [0, 0.05) is 18.3 Å². The van der Waals surface area contributed by atoms with Crippen LogP contribution in [-0.2, 0) is 14.3 Å². The molecule has 136 valence electrons. The third-order valence-electron chi connectivity index (χ3n) is 3.21. The second kappa shape index (κ2) is 9.17. The fourth-order valence-electron chi connectivity index (χ4n) is 1.88. The van der Waals surface area contributed by atoms with Crippen molar-refractivity contribution >= 4 is 46.7 Å². The van der Waals surface area contributed by atoms with Crippen LogP contribution >= 0.6 is 23.2 Å². The van der Waals surface area contributed by atoms with Crippen LogP contribution in [0.3, 0.4) is 0 Å². The van der Waals surface area contributed by atoms with E-state index in [9.17, 15) is 14.4 Å². The van der Waals surface area contributed by atoms with Gasteiger partial charge in [-0.05, 0) is 24.3 Å². The number of halogens is 2. The van der Waals surface area contributed by atoms with Crippen LogP contribution in [0.2, 0.25) is 10.0 Å². The van der Waals surface area contributed by atoms with Gasteiger partial charge < -0.3 is 15.0 Å². The highest BCUT2D eigenvalue weighted by atomic mass is 35.5. The summed E-state index contributed by atoms with van der Waals surface area (Å²) in [6.45, 7) is -0.750. The van der Waals surface area contributed by atoms with Gasteiger partial charge in [0.2, 0.25) is 5.91 Å². The maximum atomic E-state index is 12.0. The highest BCUT2D eigenvalue weighted by Crippen LogP contribution is 2.20. The fraction of sp³-hybridized carbons (Fsp3) is 0.176. The quantitative estimate of drug-likeness (QED) is 0.759. The minimum absolute atomic E-state index is 0.00980. The maximum Gasteiger partial charge on any atom is 0.357 e. The first-order valence-electron chi connectivity index (χ1n) is 7.44. The maximum absolute atomic E-state index is 12.0. The summed E-state index contributed by atoms with van der Waals surface area (Å²) in [6.07, 6.45) is 1.35. The van der Waals surface area contributed by atoms with Crippen molar-refractivity contribution in [2.75, 3.05) is 25.5 Å². The van der Waals surface area contributed by atoms with Crippen LogP contribution in [0, 0.1) is 0 Å². The minimum Gasteiger partial charge on any atom is -0.451 e. The Morgan fingerprint density at radius 2 is 1.92 bits per heavy atom. The molecule has 0 bridgehead atoms. The van der Waals surface area contributed by atoms with Crippen LogP contribution in [0.25, 0.3) is 0 Å². The highest BCUT2D eigenvalue weighted by molar-refractivity contribution is 6.33. The zero-order chi connectivity index (χ0) is 19.1. The van der Waals surface area contributed by atoms with Crippen LogP contribution in [0.5, 0.6) is 0 Å². The molecule has 0 fully saturated rings. The Morgan fingerprint density at radius 1 is 1.19 bits per heavy atom. The van der Waals surface area contributed by atoms with Crippen molar-refractivity contribution in [1.82, 2.24) is 9.88 Å². The van der Waals surface area contributed by atoms with E-state index in [1.54, 1.807) is 24.3 Å². The number of likely N-dealkylation sites (N-methyl/N-ethyl adjacent to an activating group) is 1. The van der Waals surface area contributed by atoms with Crippen LogP contribution < -0.4 is 5.32 Å². The number of rotatable bonds is 6. The molecule has 0 aliphatic rings. The number of hydrogen-bond acceptors (Lipinski definition) is 5. The second-order valence-corrected chi connectivity index (χ2v) is 6.06. The Morgan fingerprint density at radius 3 is 2.62 bits per heavy atom. The molecule has 2 aromatic rings. The van der Waals surface area contributed by atoms with Gasteiger partial charge in [0.25, 0.3) is 5.91 Å². The summed E-state index contributed by atoms with van der Waals surface area (Å²) in [5.74, 6) is -1.76. The van der Waals surface area contributed by atoms with Crippen molar-refractivity contribution in [1.29, 1.82) is 0 Å². The van der Waals surface area contributed by atoms with E-state index in [0.29, 0.717) is 15.7 Å². The summed E-state index contributed by atoms with van der Waals surface area (Å²) in [4.78, 5) is 40.7. The summed E-state index contributed by atoms with van der Waals surface area (Å²) >= 11 is 11.7. The van der Waals surface area contributed by atoms with E-state index in [2.05, 4.69) is 10.3 Å². The van der Waals surface area contributed by atoms with Gasteiger partial charge in [-0.2, -0.15) is 0 Å². The van der Waals surface area contributed by atoms with Crippen molar-refractivity contribution in [3.63, 3.8) is 0 Å².